The summed E-state index contributed by atoms with van der Waals surface area (Å²) in [4.78, 5) is 27.1. The molecule has 0 fully saturated rings. The summed E-state index contributed by atoms with van der Waals surface area (Å²) >= 11 is 0. The number of hydrogen-bond acceptors (Lipinski definition) is 4. The number of hydrogen-bond donors (Lipinski definition) is 1. The summed E-state index contributed by atoms with van der Waals surface area (Å²) < 4.78 is 26.1. The Morgan fingerprint density at radius 2 is 1.66 bits per heavy atom. The SMILES string of the molecule is CCNC(=O)[C@H](C)N(Cc1ccccc1)C(=O)CCCN(c1ccccc1C)S(C)(=O)=O. The van der Waals surface area contributed by atoms with Crippen LogP contribution in [-0.2, 0) is 26.2 Å². The monoisotopic (exact) mass is 459 g/mol. The summed E-state index contributed by atoms with van der Waals surface area (Å²) in [6, 6.07) is 16.1. The fourth-order valence-corrected chi connectivity index (χ4v) is 4.53. The van der Waals surface area contributed by atoms with Crippen molar-refractivity contribution < 1.29 is 18.0 Å². The molecule has 7 nitrogen and oxygen atoms in total. The number of carbonyl (C=O) groups excluding carboxylic acids is 2. The third-order valence-electron chi connectivity index (χ3n) is 5.25. The van der Waals surface area contributed by atoms with Crippen molar-refractivity contribution in [3.63, 3.8) is 0 Å². The van der Waals surface area contributed by atoms with Gasteiger partial charge in [-0.25, -0.2) is 8.42 Å². The van der Waals surface area contributed by atoms with E-state index in [1.54, 1.807) is 24.0 Å². The van der Waals surface area contributed by atoms with Gasteiger partial charge in [0, 0.05) is 26.1 Å². The van der Waals surface area contributed by atoms with Crippen molar-refractivity contribution in [1.29, 1.82) is 0 Å². The highest BCUT2D eigenvalue weighted by molar-refractivity contribution is 7.92. The van der Waals surface area contributed by atoms with Crippen LogP contribution in [0.4, 0.5) is 5.69 Å². The number of benzene rings is 2. The van der Waals surface area contributed by atoms with Crippen molar-refractivity contribution >= 4 is 27.5 Å². The number of aryl methyl sites for hydroxylation is 1. The summed E-state index contributed by atoms with van der Waals surface area (Å²) in [7, 11) is -3.50. The van der Waals surface area contributed by atoms with Gasteiger partial charge in [0.2, 0.25) is 21.8 Å². The van der Waals surface area contributed by atoms with Crippen LogP contribution in [0.25, 0.3) is 0 Å². The van der Waals surface area contributed by atoms with Gasteiger partial charge in [-0.05, 0) is 44.4 Å². The Morgan fingerprint density at radius 3 is 2.25 bits per heavy atom. The van der Waals surface area contributed by atoms with Gasteiger partial charge in [0.05, 0.1) is 11.9 Å². The van der Waals surface area contributed by atoms with Gasteiger partial charge in [-0.15, -0.1) is 0 Å². The molecule has 0 heterocycles. The second-order valence-electron chi connectivity index (χ2n) is 7.80. The zero-order valence-electron chi connectivity index (χ0n) is 19.2. The van der Waals surface area contributed by atoms with E-state index in [0.717, 1.165) is 11.1 Å². The molecule has 8 heteroatoms. The summed E-state index contributed by atoms with van der Waals surface area (Å²) in [6.45, 7) is 6.38. The van der Waals surface area contributed by atoms with Crippen LogP contribution >= 0.6 is 0 Å². The summed E-state index contributed by atoms with van der Waals surface area (Å²) in [5, 5.41) is 2.77. The maximum Gasteiger partial charge on any atom is 0.242 e. The zero-order valence-corrected chi connectivity index (χ0v) is 20.1. The quantitative estimate of drug-likeness (QED) is 0.559. The minimum absolute atomic E-state index is 0.133. The molecule has 1 N–H and O–H groups in total. The first-order valence-corrected chi connectivity index (χ1v) is 12.6. The number of nitrogens with one attached hydrogen (secondary N) is 1. The van der Waals surface area contributed by atoms with Gasteiger partial charge in [0.15, 0.2) is 0 Å². The lowest BCUT2D eigenvalue weighted by Crippen LogP contribution is -2.47. The Kier molecular flexibility index (Phi) is 9.26. The third kappa shape index (κ3) is 7.09. The topological polar surface area (TPSA) is 86.8 Å². The van der Waals surface area contributed by atoms with E-state index in [1.165, 1.54) is 10.6 Å². The van der Waals surface area contributed by atoms with Gasteiger partial charge < -0.3 is 10.2 Å². The Labute approximate surface area is 191 Å². The van der Waals surface area contributed by atoms with Crippen LogP contribution in [0, 0.1) is 6.92 Å². The molecule has 0 spiro atoms. The minimum Gasteiger partial charge on any atom is -0.355 e. The van der Waals surface area contributed by atoms with Crippen LogP contribution in [0.15, 0.2) is 54.6 Å². The molecule has 2 aromatic rings. The summed E-state index contributed by atoms with van der Waals surface area (Å²) in [5.74, 6) is -0.403. The highest BCUT2D eigenvalue weighted by Crippen LogP contribution is 2.23. The zero-order chi connectivity index (χ0) is 23.7. The molecule has 174 valence electrons. The molecule has 32 heavy (non-hydrogen) atoms. The lowest BCUT2D eigenvalue weighted by Gasteiger charge is -2.29. The molecule has 2 aromatic carbocycles. The first-order chi connectivity index (χ1) is 15.1. The van der Waals surface area contributed by atoms with Crippen molar-refractivity contribution in [2.24, 2.45) is 0 Å². The van der Waals surface area contributed by atoms with Crippen LogP contribution in [-0.4, -0.2) is 50.5 Å². The van der Waals surface area contributed by atoms with Gasteiger partial charge in [-0.3, -0.25) is 13.9 Å². The molecule has 0 radical (unpaired) electrons. The first kappa shape index (κ1) is 25.4. The molecular weight excluding hydrogens is 426 g/mol. The number of anilines is 1. The second-order valence-corrected chi connectivity index (χ2v) is 9.71. The van der Waals surface area contributed by atoms with E-state index in [2.05, 4.69) is 5.32 Å². The average molecular weight is 460 g/mol. The van der Waals surface area contributed by atoms with Gasteiger partial charge in [-0.2, -0.15) is 0 Å². The van der Waals surface area contributed by atoms with E-state index in [1.807, 2.05) is 56.3 Å². The van der Waals surface area contributed by atoms with Crippen LogP contribution in [0.3, 0.4) is 0 Å². The van der Waals surface area contributed by atoms with Gasteiger partial charge >= 0.3 is 0 Å². The smallest absolute Gasteiger partial charge is 0.242 e. The normalized spacial score (nSPS) is 12.1. The Balaban J connectivity index is 2.14. The molecule has 0 aliphatic rings. The maximum atomic E-state index is 13.1. The highest BCUT2D eigenvalue weighted by Gasteiger charge is 2.26. The Bertz CT molecular complexity index is 1010. The Hall–Kier alpha value is -2.87. The number of rotatable bonds is 11. The number of para-hydroxylation sites is 1. The second kappa shape index (κ2) is 11.7. The fourth-order valence-electron chi connectivity index (χ4n) is 3.51. The molecular formula is C24H33N3O4S. The summed E-state index contributed by atoms with van der Waals surface area (Å²) in [5.41, 5.74) is 2.38. The number of amides is 2. The number of carbonyl (C=O) groups is 2. The number of sulfonamides is 1. The largest absolute Gasteiger partial charge is 0.355 e. The van der Waals surface area contributed by atoms with E-state index in [0.29, 0.717) is 25.2 Å². The lowest BCUT2D eigenvalue weighted by molar-refractivity contribution is -0.140. The standard InChI is InChI=1S/C24H33N3O4S/c1-5-25-24(29)20(3)26(18-21-13-7-6-8-14-21)23(28)16-11-17-27(32(4,30)31)22-15-10-9-12-19(22)2/h6-10,12-15,20H,5,11,16-18H2,1-4H3,(H,25,29)/t20-/m0/s1. The predicted octanol–water partition coefficient (Wildman–Crippen LogP) is 3.09. The summed E-state index contributed by atoms with van der Waals surface area (Å²) in [6.07, 6.45) is 1.64. The van der Waals surface area contributed by atoms with Crippen LogP contribution in [0.1, 0.15) is 37.8 Å². The van der Waals surface area contributed by atoms with Crippen molar-refractivity contribution in [3.8, 4) is 0 Å². The predicted molar refractivity (Wildman–Crippen MR) is 128 cm³/mol. The van der Waals surface area contributed by atoms with Gasteiger partial charge in [0.25, 0.3) is 0 Å². The molecule has 0 bridgehead atoms. The third-order valence-corrected chi connectivity index (χ3v) is 6.43. The van der Waals surface area contributed by atoms with E-state index in [4.69, 9.17) is 0 Å². The Morgan fingerprint density at radius 1 is 1.03 bits per heavy atom. The van der Waals surface area contributed by atoms with Crippen LogP contribution in [0.2, 0.25) is 0 Å². The van der Waals surface area contributed by atoms with E-state index in [-0.39, 0.29) is 24.8 Å². The molecule has 0 aromatic heterocycles. The molecule has 0 aliphatic carbocycles. The number of nitrogens with zero attached hydrogens (tertiary/aromatic N) is 2. The highest BCUT2D eigenvalue weighted by atomic mass is 32.2. The van der Waals surface area contributed by atoms with Crippen molar-refractivity contribution in [2.45, 2.75) is 46.2 Å². The van der Waals surface area contributed by atoms with Gasteiger partial charge in [0.1, 0.15) is 6.04 Å². The fraction of sp³-hybridized carbons (Fsp3) is 0.417. The van der Waals surface area contributed by atoms with Crippen molar-refractivity contribution in [1.82, 2.24) is 10.2 Å². The molecule has 1 atom stereocenters. The van der Waals surface area contributed by atoms with Crippen molar-refractivity contribution in [2.75, 3.05) is 23.7 Å². The lowest BCUT2D eigenvalue weighted by atomic mass is 10.1. The molecule has 0 aliphatic heterocycles. The van der Waals surface area contributed by atoms with E-state index in [9.17, 15) is 18.0 Å². The molecule has 0 saturated heterocycles. The first-order valence-electron chi connectivity index (χ1n) is 10.8. The molecule has 2 amide bonds. The molecule has 2 rings (SSSR count). The minimum atomic E-state index is -3.50. The van der Waals surface area contributed by atoms with Crippen LogP contribution in [0.5, 0.6) is 0 Å². The van der Waals surface area contributed by atoms with Gasteiger partial charge in [-0.1, -0.05) is 48.5 Å². The van der Waals surface area contributed by atoms with Crippen molar-refractivity contribution in [3.05, 3.63) is 65.7 Å². The molecule has 0 saturated carbocycles. The van der Waals surface area contributed by atoms with E-state index >= 15 is 0 Å². The number of likely N-dealkylation sites (N-methyl/N-ethyl adjacent to an activating group) is 1. The van der Waals surface area contributed by atoms with E-state index < -0.39 is 16.1 Å². The molecule has 0 unspecified atom stereocenters. The van der Waals surface area contributed by atoms with Crippen LogP contribution < -0.4 is 9.62 Å². The maximum absolute atomic E-state index is 13.1. The average Bonchev–Trinajstić information content (AvgIpc) is 2.75.